The third kappa shape index (κ3) is 3.36. The van der Waals surface area contributed by atoms with Crippen molar-refractivity contribution in [3.05, 3.63) is 43.9 Å². The van der Waals surface area contributed by atoms with E-state index in [0.717, 1.165) is 20.7 Å². The van der Waals surface area contributed by atoms with Crippen LogP contribution in [-0.4, -0.2) is 8.42 Å². The fourth-order valence-corrected chi connectivity index (χ4v) is 4.98. The minimum absolute atomic E-state index is 0.205. The zero-order valence-electron chi connectivity index (χ0n) is 9.58. The topological polar surface area (TPSA) is 46.2 Å². The van der Waals surface area contributed by atoms with Crippen molar-refractivity contribution >= 4 is 58.9 Å². The van der Waals surface area contributed by atoms with E-state index in [1.807, 2.05) is 6.92 Å². The summed E-state index contributed by atoms with van der Waals surface area (Å²) in [4.78, 5) is 0. The monoisotopic (exact) mass is 427 g/mol. The maximum absolute atomic E-state index is 13.1. The van der Waals surface area contributed by atoms with E-state index >= 15 is 0 Å². The first-order valence-corrected chi connectivity index (χ1v) is 8.92. The maximum Gasteiger partial charge on any atom is 0.271 e. The molecule has 1 aromatic carbocycles. The average molecular weight is 429 g/mol. The van der Waals surface area contributed by atoms with Crippen LogP contribution in [0.4, 0.5) is 10.1 Å². The Labute approximate surface area is 131 Å². The molecule has 1 aromatic heterocycles. The predicted octanol–water partition coefficient (Wildman–Crippen LogP) is 4.52. The standard InChI is InChI=1S/C11H8Br2FNO2S2/c1-6-4-10(18-11(6)13)19(16,17)15-7-2-3-9(14)8(12)5-7/h2-5,15H,1H3. The molecule has 0 bridgehead atoms. The van der Waals surface area contributed by atoms with Crippen molar-refractivity contribution in [1.82, 2.24) is 0 Å². The zero-order valence-corrected chi connectivity index (χ0v) is 14.4. The number of anilines is 1. The Balaban J connectivity index is 2.33. The second kappa shape index (κ2) is 5.51. The zero-order chi connectivity index (χ0) is 14.2. The number of thiophene rings is 1. The molecule has 0 aliphatic carbocycles. The molecule has 8 heteroatoms. The van der Waals surface area contributed by atoms with Gasteiger partial charge in [0.15, 0.2) is 0 Å². The number of sulfonamides is 1. The molecule has 2 aromatic rings. The van der Waals surface area contributed by atoms with E-state index in [1.165, 1.54) is 18.2 Å². The SMILES string of the molecule is Cc1cc(S(=O)(=O)Nc2ccc(F)c(Br)c2)sc1Br. The number of nitrogens with one attached hydrogen (secondary N) is 1. The van der Waals surface area contributed by atoms with Crippen molar-refractivity contribution in [1.29, 1.82) is 0 Å². The fraction of sp³-hybridized carbons (Fsp3) is 0.0909. The number of hydrogen-bond acceptors (Lipinski definition) is 3. The largest absolute Gasteiger partial charge is 0.279 e. The lowest BCUT2D eigenvalue weighted by Gasteiger charge is -2.06. The Bertz CT molecular complexity index is 709. The lowest BCUT2D eigenvalue weighted by Crippen LogP contribution is -2.11. The number of benzene rings is 1. The highest BCUT2D eigenvalue weighted by atomic mass is 79.9. The van der Waals surface area contributed by atoms with Gasteiger partial charge in [-0.15, -0.1) is 11.3 Å². The fourth-order valence-electron chi connectivity index (χ4n) is 1.33. The van der Waals surface area contributed by atoms with Crippen LogP contribution >= 0.6 is 43.2 Å². The van der Waals surface area contributed by atoms with E-state index < -0.39 is 15.8 Å². The minimum atomic E-state index is -3.65. The maximum atomic E-state index is 13.1. The predicted molar refractivity (Wildman–Crippen MR) is 81.7 cm³/mol. The van der Waals surface area contributed by atoms with Crippen LogP contribution in [0.25, 0.3) is 0 Å². The summed E-state index contributed by atoms with van der Waals surface area (Å²) in [6.45, 7) is 1.81. The van der Waals surface area contributed by atoms with Crippen molar-refractivity contribution < 1.29 is 12.8 Å². The molecule has 0 spiro atoms. The second-order valence-corrected chi connectivity index (χ2v) is 8.89. The molecule has 0 aliphatic rings. The Kier molecular flexibility index (Phi) is 4.34. The lowest BCUT2D eigenvalue weighted by molar-refractivity contribution is 0.602. The van der Waals surface area contributed by atoms with Crippen LogP contribution < -0.4 is 4.72 Å². The van der Waals surface area contributed by atoms with Gasteiger partial charge < -0.3 is 0 Å². The van der Waals surface area contributed by atoms with Gasteiger partial charge in [0.05, 0.1) is 13.9 Å². The van der Waals surface area contributed by atoms with Gasteiger partial charge in [-0.25, -0.2) is 12.8 Å². The van der Waals surface area contributed by atoms with Crippen LogP contribution in [0.3, 0.4) is 0 Å². The molecular formula is C11H8Br2FNO2S2. The van der Waals surface area contributed by atoms with Crippen molar-refractivity contribution in [2.75, 3.05) is 4.72 Å². The van der Waals surface area contributed by atoms with E-state index in [9.17, 15) is 12.8 Å². The molecule has 0 saturated carbocycles. The first-order chi connectivity index (χ1) is 8.79. The molecule has 0 atom stereocenters. The van der Waals surface area contributed by atoms with Crippen molar-refractivity contribution in [3.8, 4) is 0 Å². The van der Waals surface area contributed by atoms with Gasteiger partial charge in [-0.3, -0.25) is 4.72 Å². The van der Waals surface area contributed by atoms with Gasteiger partial charge in [0.1, 0.15) is 10.0 Å². The molecule has 3 nitrogen and oxygen atoms in total. The van der Waals surface area contributed by atoms with Crippen molar-refractivity contribution in [2.24, 2.45) is 0 Å². The van der Waals surface area contributed by atoms with Crippen molar-refractivity contribution in [2.45, 2.75) is 11.1 Å². The highest BCUT2D eigenvalue weighted by molar-refractivity contribution is 9.11. The Morgan fingerprint density at radius 2 is 1.95 bits per heavy atom. The highest BCUT2D eigenvalue weighted by Crippen LogP contribution is 2.32. The van der Waals surface area contributed by atoms with Crippen LogP contribution in [-0.2, 0) is 10.0 Å². The Hall–Kier alpha value is -0.440. The smallest absolute Gasteiger partial charge is 0.271 e. The van der Waals surface area contributed by atoms with Crippen LogP contribution in [0.2, 0.25) is 0 Å². The summed E-state index contributed by atoms with van der Waals surface area (Å²) >= 11 is 7.42. The van der Waals surface area contributed by atoms with E-state index in [2.05, 4.69) is 36.6 Å². The van der Waals surface area contributed by atoms with Crippen LogP contribution in [0, 0.1) is 12.7 Å². The second-order valence-electron chi connectivity index (χ2n) is 3.76. The van der Waals surface area contributed by atoms with Gasteiger partial charge >= 0.3 is 0 Å². The van der Waals surface area contributed by atoms with Crippen molar-refractivity contribution in [3.63, 3.8) is 0 Å². The summed E-state index contributed by atoms with van der Waals surface area (Å²) in [7, 11) is -3.65. The van der Waals surface area contributed by atoms with Crippen LogP contribution in [0.1, 0.15) is 5.56 Å². The van der Waals surface area contributed by atoms with Gasteiger partial charge in [-0.1, -0.05) is 0 Å². The third-order valence-corrected chi connectivity index (χ3v) is 6.87. The Morgan fingerprint density at radius 1 is 1.26 bits per heavy atom. The Morgan fingerprint density at radius 3 is 2.47 bits per heavy atom. The van der Waals surface area contributed by atoms with E-state index in [1.54, 1.807) is 6.07 Å². The first-order valence-electron chi connectivity index (χ1n) is 5.03. The first kappa shape index (κ1) is 15.0. The molecule has 0 unspecified atom stereocenters. The normalized spacial score (nSPS) is 11.6. The third-order valence-electron chi connectivity index (χ3n) is 2.27. The summed E-state index contributed by atoms with van der Waals surface area (Å²) in [6, 6.07) is 5.52. The van der Waals surface area contributed by atoms with Gasteiger partial charge in [0, 0.05) is 0 Å². The van der Waals surface area contributed by atoms with E-state index in [4.69, 9.17) is 0 Å². The quantitative estimate of drug-likeness (QED) is 0.780. The molecule has 0 saturated heterocycles. The average Bonchev–Trinajstić information content (AvgIpc) is 2.65. The summed E-state index contributed by atoms with van der Waals surface area (Å²) < 4.78 is 40.9. The molecule has 0 amide bonds. The number of hydrogen-bond donors (Lipinski definition) is 1. The summed E-state index contributed by atoms with van der Waals surface area (Å²) in [5, 5.41) is 0. The molecule has 0 fully saturated rings. The molecule has 19 heavy (non-hydrogen) atoms. The van der Waals surface area contributed by atoms with Gasteiger partial charge in [-0.2, -0.15) is 0 Å². The summed E-state index contributed by atoms with van der Waals surface area (Å²) in [5.74, 6) is -0.447. The van der Waals surface area contributed by atoms with Gasteiger partial charge in [0.25, 0.3) is 10.0 Å². The number of rotatable bonds is 3. The van der Waals surface area contributed by atoms with E-state index in [0.29, 0.717) is 5.69 Å². The molecular weight excluding hydrogens is 421 g/mol. The minimum Gasteiger partial charge on any atom is -0.279 e. The molecule has 1 heterocycles. The van der Waals surface area contributed by atoms with Crippen LogP contribution in [0.5, 0.6) is 0 Å². The molecule has 0 aliphatic heterocycles. The number of aryl methyl sites for hydroxylation is 1. The molecule has 1 N–H and O–H groups in total. The number of halogens is 3. The summed E-state index contributed by atoms with van der Waals surface area (Å²) in [5.41, 5.74) is 1.15. The molecule has 0 radical (unpaired) electrons. The molecule has 102 valence electrons. The van der Waals surface area contributed by atoms with E-state index in [-0.39, 0.29) is 8.68 Å². The lowest BCUT2D eigenvalue weighted by atomic mass is 10.3. The highest BCUT2D eigenvalue weighted by Gasteiger charge is 2.18. The summed E-state index contributed by atoms with van der Waals surface area (Å²) in [6.07, 6.45) is 0. The van der Waals surface area contributed by atoms with Crippen LogP contribution in [0.15, 0.2) is 36.7 Å². The van der Waals surface area contributed by atoms with Gasteiger partial charge in [0.2, 0.25) is 0 Å². The van der Waals surface area contributed by atoms with Gasteiger partial charge in [-0.05, 0) is 68.6 Å². The molecule has 2 rings (SSSR count).